The maximum atomic E-state index is 12.9. The van der Waals surface area contributed by atoms with Crippen LogP contribution in [0.15, 0.2) is 54.1 Å². The number of benzene rings is 3. The molecule has 0 radical (unpaired) electrons. The van der Waals surface area contributed by atoms with Crippen molar-refractivity contribution in [1.29, 1.82) is 0 Å². The summed E-state index contributed by atoms with van der Waals surface area (Å²) in [6.07, 6.45) is 0.172. The van der Waals surface area contributed by atoms with Crippen LogP contribution in [-0.2, 0) is 35.8 Å². The van der Waals surface area contributed by atoms with Crippen molar-refractivity contribution >= 4 is 22.3 Å². The van der Waals surface area contributed by atoms with Gasteiger partial charge >= 0.3 is 22.3 Å². The first-order valence-electron chi connectivity index (χ1n) is 26.1. The van der Waals surface area contributed by atoms with Crippen molar-refractivity contribution in [3.05, 3.63) is 70.8 Å². The number of allylic oxidation sites excluding steroid dienone is 1. The van der Waals surface area contributed by atoms with Gasteiger partial charge in [-0.25, -0.2) is 9.59 Å². The van der Waals surface area contributed by atoms with E-state index in [9.17, 15) is 76.0 Å². The number of hydrogen-bond donors (Lipinski definition) is 15. The third kappa shape index (κ3) is 8.99. The molecule has 24 nitrogen and oxygen atoms in total. The highest BCUT2D eigenvalue weighted by Crippen LogP contribution is 2.78. The lowest BCUT2D eigenvalue weighted by Gasteiger charge is -2.68. The minimum atomic E-state index is -4.67. The van der Waals surface area contributed by atoms with Crippen molar-refractivity contribution in [2.75, 3.05) is 13.1 Å². The van der Waals surface area contributed by atoms with Gasteiger partial charge in [0.25, 0.3) is 0 Å². The average Bonchev–Trinajstić information content (AvgIpc) is 1.85. The Balaban J connectivity index is 0.000000182. The monoisotopic (exact) mass is 1130 g/mol. The summed E-state index contributed by atoms with van der Waals surface area (Å²) in [5, 5.41) is 142. The van der Waals surface area contributed by atoms with E-state index in [0.717, 1.165) is 24.6 Å². The van der Waals surface area contributed by atoms with Gasteiger partial charge in [-0.2, -0.15) is 8.42 Å². The van der Waals surface area contributed by atoms with E-state index in [1.54, 1.807) is 26.8 Å². The third-order valence-corrected chi connectivity index (χ3v) is 19.1. The fraction of sp³-hybridized carbons (Fsp3) is 0.593. The Labute approximate surface area is 453 Å². The van der Waals surface area contributed by atoms with Gasteiger partial charge in [-0.15, -0.1) is 0 Å². The summed E-state index contributed by atoms with van der Waals surface area (Å²) >= 11 is 0. The van der Waals surface area contributed by atoms with Crippen LogP contribution in [0.1, 0.15) is 114 Å². The van der Waals surface area contributed by atoms with Gasteiger partial charge in [0, 0.05) is 90.4 Å². The molecule has 79 heavy (non-hydrogen) atoms. The molecule has 3 aromatic rings. The minimum Gasteiger partial charge on any atom is -0.508 e. The first kappa shape index (κ1) is 58.0. The smallest absolute Gasteiger partial charge is 0.394 e. The van der Waals surface area contributed by atoms with E-state index in [1.807, 2.05) is 6.92 Å². The number of hydrogen-bond acceptors (Lipinski definition) is 22. The molecule has 4 heterocycles. The van der Waals surface area contributed by atoms with Crippen molar-refractivity contribution in [3.8, 4) is 46.0 Å². The van der Waals surface area contributed by atoms with Crippen LogP contribution in [-0.4, -0.2) is 172 Å². The lowest BCUT2D eigenvalue weighted by molar-refractivity contribution is -0.354. The number of fused-ring (bicyclic) bond motifs is 6. The summed E-state index contributed by atoms with van der Waals surface area (Å²) in [6.45, 7) is 10.1. The van der Waals surface area contributed by atoms with Gasteiger partial charge in [-0.05, 0) is 89.5 Å². The summed E-state index contributed by atoms with van der Waals surface area (Å²) in [5.41, 5.74) is -8.63. The van der Waals surface area contributed by atoms with Crippen LogP contribution in [0.5, 0.6) is 46.0 Å². The van der Waals surface area contributed by atoms with Gasteiger partial charge in [0.1, 0.15) is 45.8 Å². The standard InChI is InChI=1S/C32H49NO9.C22H18O10.H2O4S/c1-6-18(3)25(35)41-24-11-12-26(4)19-8-9-20-28(37)13-23(34)31(39)21(29(28,38)16-30(20,26)42-32(19,24)40)15-33-14-17(2)7-10-22(33)27(31,5)36;23-11-6-14(25)12-8-19(32-22(30)10-4-16(27)20(29)17(28)5-10)21(31-18(12)7-11)9-1-2-13(24)15(26)3-9;1-5(2,3)4/h6,17,19-24,34,36-40H,7-16H2,1-5H3;1-7,19,21,23-29H,8H2;(H2,1,2,3,4). The van der Waals surface area contributed by atoms with Crippen molar-refractivity contribution in [3.63, 3.8) is 0 Å². The van der Waals surface area contributed by atoms with Crippen molar-refractivity contribution in [1.82, 2.24) is 4.90 Å². The lowest BCUT2D eigenvalue weighted by atomic mass is 9.49. The number of aliphatic hydroxyl groups is 6. The number of phenols is 7. The summed E-state index contributed by atoms with van der Waals surface area (Å²) in [6, 6.07) is 7.68. The normalized spacial score (nSPS) is 39.8. The van der Waals surface area contributed by atoms with Gasteiger partial charge in [-0.3, -0.25) is 14.0 Å². The first-order chi connectivity index (χ1) is 36.6. The van der Waals surface area contributed by atoms with Crippen LogP contribution >= 0.6 is 0 Å². The van der Waals surface area contributed by atoms with Crippen LogP contribution in [0.25, 0.3) is 0 Å². The molecule has 16 atom stereocenters. The first-order valence-corrected chi connectivity index (χ1v) is 27.5. The third-order valence-electron chi connectivity index (χ3n) is 19.1. The van der Waals surface area contributed by atoms with Gasteiger partial charge in [0.15, 0.2) is 41.0 Å². The summed E-state index contributed by atoms with van der Waals surface area (Å²) in [4.78, 5) is 27.6. The zero-order chi connectivity index (χ0) is 58.1. The topological polar surface area (TPSA) is 412 Å². The molecule has 4 aliphatic heterocycles. The molecule has 16 unspecified atom stereocenters. The highest BCUT2D eigenvalue weighted by Gasteiger charge is 2.89. The number of ether oxygens (including phenoxy) is 4. The molecule has 3 saturated heterocycles. The Morgan fingerprint density at radius 1 is 0.772 bits per heavy atom. The number of nitrogens with zero attached hydrogens (tertiary/aromatic N) is 1. The summed E-state index contributed by atoms with van der Waals surface area (Å²) in [7, 11) is -4.67. The zero-order valence-corrected chi connectivity index (χ0v) is 44.7. The van der Waals surface area contributed by atoms with Crippen LogP contribution in [0.4, 0.5) is 0 Å². The molecule has 8 aliphatic rings. The van der Waals surface area contributed by atoms with Gasteiger partial charge in [0.05, 0.1) is 17.3 Å². The lowest BCUT2D eigenvalue weighted by Crippen LogP contribution is -2.85. The van der Waals surface area contributed by atoms with Crippen molar-refractivity contribution in [2.24, 2.45) is 29.1 Å². The molecular weight excluding hydrogens is 1060 g/mol. The average molecular weight is 1130 g/mol. The molecule has 4 bridgehead atoms. The van der Waals surface area contributed by atoms with Gasteiger partial charge in [0.2, 0.25) is 5.79 Å². The van der Waals surface area contributed by atoms with E-state index in [0.29, 0.717) is 55.7 Å². The maximum absolute atomic E-state index is 12.9. The second-order valence-electron chi connectivity index (χ2n) is 23.4. The number of aliphatic hydroxyl groups excluding tert-OH is 1. The Kier molecular flexibility index (Phi) is 14.3. The predicted octanol–water partition coefficient (Wildman–Crippen LogP) is 2.87. The molecule has 4 saturated carbocycles. The second kappa shape index (κ2) is 19.5. The predicted molar refractivity (Wildman–Crippen MR) is 271 cm³/mol. The summed E-state index contributed by atoms with van der Waals surface area (Å²) < 4.78 is 55.6. The maximum Gasteiger partial charge on any atom is 0.394 e. The molecule has 3 aromatic carbocycles. The highest BCUT2D eigenvalue weighted by atomic mass is 32.3. The number of piperidine rings is 2. The molecule has 1 spiro atoms. The van der Waals surface area contributed by atoms with E-state index in [-0.39, 0.29) is 66.0 Å². The van der Waals surface area contributed by atoms with E-state index in [1.165, 1.54) is 24.3 Å². The molecule has 4 aliphatic carbocycles. The van der Waals surface area contributed by atoms with E-state index in [2.05, 4.69) is 11.8 Å². The molecule has 434 valence electrons. The van der Waals surface area contributed by atoms with Crippen LogP contribution in [0.3, 0.4) is 0 Å². The number of carbonyl (C=O) groups excluding carboxylic acids is 2. The molecule has 15 N–H and O–H groups in total. The summed E-state index contributed by atoms with van der Waals surface area (Å²) in [5.74, 6) is -8.48. The van der Waals surface area contributed by atoms with Gasteiger partial charge < -0.3 is 85.3 Å². The molecule has 0 amide bonds. The van der Waals surface area contributed by atoms with Gasteiger partial charge in [-0.1, -0.05) is 26.0 Å². The Morgan fingerprint density at radius 2 is 1.42 bits per heavy atom. The SMILES string of the molecule is CC=C(C)C(=O)OC1CCC2(C)C3CCC4C5(O)CC(O)C6(O)C(CN7CC(C)CCC7C6(C)O)C5(O)CC42OC13O.O=C(OC1Cc2c(O)cc(O)cc2OC1c1ccc(O)c(O)c1)c1cc(O)c(O)c(O)c1.O=S(=O)(O)O. The van der Waals surface area contributed by atoms with Crippen molar-refractivity contribution < 1.29 is 112 Å². The molecule has 0 aromatic heterocycles. The Hall–Kier alpha value is -5.71. The molecule has 25 heteroatoms. The number of esters is 2. The van der Waals surface area contributed by atoms with E-state index < -0.39 is 127 Å². The van der Waals surface area contributed by atoms with Crippen LogP contribution < -0.4 is 4.74 Å². The fourth-order valence-corrected chi connectivity index (χ4v) is 15.3. The molecule has 11 rings (SSSR count). The molecular formula is C54H69NO23S. The van der Waals surface area contributed by atoms with Crippen LogP contribution in [0, 0.1) is 29.1 Å². The molecule has 7 fully saturated rings. The van der Waals surface area contributed by atoms with E-state index >= 15 is 0 Å². The number of carbonyl (C=O) groups is 2. The number of phenolic OH excluding ortho intramolecular Hbond substituents is 7. The largest absolute Gasteiger partial charge is 0.508 e. The fourth-order valence-electron chi connectivity index (χ4n) is 15.3. The Morgan fingerprint density at radius 3 is 2.05 bits per heavy atom. The Bertz CT molecular complexity index is 3050. The number of aromatic hydroxyl groups is 7. The zero-order valence-electron chi connectivity index (χ0n) is 43.9. The van der Waals surface area contributed by atoms with E-state index in [4.69, 9.17) is 36.5 Å². The minimum absolute atomic E-state index is 0.0461. The van der Waals surface area contributed by atoms with Crippen LogP contribution in [0.2, 0.25) is 0 Å². The highest BCUT2D eigenvalue weighted by molar-refractivity contribution is 7.79. The number of rotatable bonds is 5. The quantitative estimate of drug-likeness (QED) is 0.0756. The second-order valence-corrected chi connectivity index (χ2v) is 24.3. The van der Waals surface area contributed by atoms with Crippen molar-refractivity contribution in [2.45, 2.75) is 157 Å².